The Hall–Kier alpha value is -3.15. The highest BCUT2D eigenvalue weighted by molar-refractivity contribution is 7.89. The highest BCUT2D eigenvalue weighted by Gasteiger charge is 2.21. The van der Waals surface area contributed by atoms with Crippen molar-refractivity contribution in [3.05, 3.63) is 71.4 Å². The standard InChI is InChI=1S/C19H13F2N3O2S/c1-11-4-5-12(7-13(11)10-22)14-3-2-6-24-19(14)15-8-17(21)18(9-16(15)20)27(23,25)26/h2-9H,1H3,(H2,23,25,26). The number of aryl methyl sites for hydroxylation is 1. The lowest BCUT2D eigenvalue weighted by atomic mass is 9.96. The van der Waals surface area contributed by atoms with E-state index >= 15 is 0 Å². The minimum atomic E-state index is -4.40. The smallest absolute Gasteiger partial charge is 0.241 e. The first-order valence-corrected chi connectivity index (χ1v) is 9.25. The van der Waals surface area contributed by atoms with Crippen molar-refractivity contribution < 1.29 is 17.2 Å². The van der Waals surface area contributed by atoms with Crippen LogP contribution in [0.5, 0.6) is 0 Å². The predicted molar refractivity (Wildman–Crippen MR) is 95.9 cm³/mol. The number of pyridine rings is 1. The Kier molecular flexibility index (Phi) is 4.74. The largest absolute Gasteiger partial charge is 0.255 e. The average Bonchev–Trinajstić information content (AvgIpc) is 2.63. The van der Waals surface area contributed by atoms with Gasteiger partial charge in [0.1, 0.15) is 16.5 Å². The van der Waals surface area contributed by atoms with E-state index < -0.39 is 26.6 Å². The molecule has 1 aromatic heterocycles. The maximum absolute atomic E-state index is 14.6. The van der Waals surface area contributed by atoms with Crippen LogP contribution in [0.3, 0.4) is 0 Å². The van der Waals surface area contributed by atoms with Crippen LogP contribution in [0.15, 0.2) is 53.6 Å². The van der Waals surface area contributed by atoms with E-state index in [1.807, 2.05) is 0 Å². The molecule has 2 N–H and O–H groups in total. The van der Waals surface area contributed by atoms with Gasteiger partial charge in [0.25, 0.3) is 0 Å². The molecule has 0 aliphatic heterocycles. The number of nitrogens with two attached hydrogens (primary N) is 1. The van der Waals surface area contributed by atoms with Crippen molar-refractivity contribution in [3.63, 3.8) is 0 Å². The van der Waals surface area contributed by atoms with Gasteiger partial charge in [-0.3, -0.25) is 4.98 Å². The predicted octanol–water partition coefficient (Wildman–Crippen LogP) is 3.52. The zero-order chi connectivity index (χ0) is 19.8. The number of nitrogens with zero attached hydrogens (tertiary/aromatic N) is 2. The molecule has 0 saturated heterocycles. The Morgan fingerprint density at radius 2 is 1.81 bits per heavy atom. The Labute approximate surface area is 154 Å². The second kappa shape index (κ2) is 6.87. The first kappa shape index (κ1) is 18.6. The normalized spacial score (nSPS) is 11.2. The summed E-state index contributed by atoms with van der Waals surface area (Å²) < 4.78 is 51.5. The molecule has 0 spiro atoms. The summed E-state index contributed by atoms with van der Waals surface area (Å²) in [5.41, 5.74) is 2.18. The van der Waals surface area contributed by atoms with Gasteiger partial charge >= 0.3 is 0 Å². The van der Waals surface area contributed by atoms with Crippen molar-refractivity contribution >= 4 is 10.0 Å². The Bertz CT molecular complexity index is 1200. The van der Waals surface area contributed by atoms with E-state index in [-0.39, 0.29) is 11.3 Å². The summed E-state index contributed by atoms with van der Waals surface area (Å²) in [4.78, 5) is 3.20. The van der Waals surface area contributed by atoms with Gasteiger partial charge in [-0.15, -0.1) is 0 Å². The molecular formula is C19H13F2N3O2S. The lowest BCUT2D eigenvalue weighted by Gasteiger charge is -2.12. The van der Waals surface area contributed by atoms with E-state index in [9.17, 15) is 22.5 Å². The van der Waals surface area contributed by atoms with E-state index in [1.54, 1.807) is 37.3 Å². The molecule has 3 aromatic rings. The van der Waals surface area contributed by atoms with Crippen LogP contribution >= 0.6 is 0 Å². The molecule has 136 valence electrons. The number of nitriles is 1. The third-order valence-electron chi connectivity index (χ3n) is 4.06. The van der Waals surface area contributed by atoms with Gasteiger partial charge in [-0.25, -0.2) is 22.3 Å². The Balaban J connectivity index is 2.24. The highest BCUT2D eigenvalue weighted by atomic mass is 32.2. The highest BCUT2D eigenvalue weighted by Crippen LogP contribution is 2.34. The number of benzene rings is 2. The number of primary sulfonamides is 1. The fourth-order valence-electron chi connectivity index (χ4n) is 2.69. The molecule has 27 heavy (non-hydrogen) atoms. The van der Waals surface area contributed by atoms with Gasteiger partial charge in [0.15, 0.2) is 0 Å². The van der Waals surface area contributed by atoms with Crippen LogP contribution < -0.4 is 5.14 Å². The number of hydrogen-bond donors (Lipinski definition) is 1. The summed E-state index contributed by atoms with van der Waals surface area (Å²) in [7, 11) is -4.40. The first-order valence-electron chi connectivity index (χ1n) is 7.70. The number of halogens is 2. The average molecular weight is 385 g/mol. The summed E-state index contributed by atoms with van der Waals surface area (Å²) >= 11 is 0. The molecule has 0 saturated carbocycles. The first-order chi connectivity index (χ1) is 12.7. The second-order valence-corrected chi connectivity index (χ2v) is 7.38. The van der Waals surface area contributed by atoms with Crippen LogP contribution in [0.25, 0.3) is 22.4 Å². The van der Waals surface area contributed by atoms with Crippen LogP contribution in [0.4, 0.5) is 8.78 Å². The number of sulfonamides is 1. The van der Waals surface area contributed by atoms with Gasteiger partial charge in [0.05, 0.1) is 17.3 Å². The lowest BCUT2D eigenvalue weighted by Crippen LogP contribution is -2.14. The zero-order valence-corrected chi connectivity index (χ0v) is 14.9. The summed E-state index contributed by atoms with van der Waals surface area (Å²) in [6, 6.07) is 11.7. The van der Waals surface area contributed by atoms with E-state index in [1.165, 1.54) is 6.20 Å². The summed E-state index contributed by atoms with van der Waals surface area (Å²) in [6.45, 7) is 1.79. The molecule has 0 atom stereocenters. The van der Waals surface area contributed by atoms with Gasteiger partial charge in [0.2, 0.25) is 10.0 Å². The topological polar surface area (TPSA) is 96.8 Å². The monoisotopic (exact) mass is 385 g/mol. The molecule has 5 nitrogen and oxygen atoms in total. The summed E-state index contributed by atoms with van der Waals surface area (Å²) in [5, 5.41) is 14.1. The third kappa shape index (κ3) is 3.56. The minimum absolute atomic E-state index is 0.114. The van der Waals surface area contributed by atoms with E-state index in [4.69, 9.17) is 5.14 Å². The van der Waals surface area contributed by atoms with Crippen LogP contribution in [0, 0.1) is 29.9 Å². The number of rotatable bonds is 3. The zero-order valence-electron chi connectivity index (χ0n) is 14.1. The van der Waals surface area contributed by atoms with Crippen LogP contribution in [-0.2, 0) is 10.0 Å². The fraction of sp³-hybridized carbons (Fsp3) is 0.0526. The van der Waals surface area contributed by atoms with Gasteiger partial charge in [-0.1, -0.05) is 18.2 Å². The van der Waals surface area contributed by atoms with Crippen LogP contribution in [0.2, 0.25) is 0 Å². The molecule has 1 heterocycles. The molecule has 0 aliphatic carbocycles. The second-order valence-electron chi connectivity index (χ2n) is 5.85. The molecule has 0 radical (unpaired) electrons. The summed E-state index contributed by atoms with van der Waals surface area (Å²) in [5.74, 6) is -2.15. The van der Waals surface area contributed by atoms with E-state index in [0.29, 0.717) is 22.8 Å². The third-order valence-corrected chi connectivity index (χ3v) is 4.99. The SMILES string of the molecule is Cc1ccc(-c2cccnc2-c2cc(F)c(S(N)(=O)=O)cc2F)cc1C#N. The van der Waals surface area contributed by atoms with Crippen molar-refractivity contribution in [3.8, 4) is 28.5 Å². The molecule has 0 bridgehead atoms. The van der Waals surface area contributed by atoms with Crippen LogP contribution in [-0.4, -0.2) is 13.4 Å². The lowest BCUT2D eigenvalue weighted by molar-refractivity contribution is 0.555. The van der Waals surface area contributed by atoms with Crippen molar-refractivity contribution in [2.75, 3.05) is 0 Å². The van der Waals surface area contributed by atoms with Crippen molar-refractivity contribution in [1.82, 2.24) is 4.98 Å². The number of aromatic nitrogens is 1. The van der Waals surface area contributed by atoms with E-state index in [0.717, 1.165) is 11.6 Å². The quantitative estimate of drug-likeness (QED) is 0.746. The maximum atomic E-state index is 14.6. The Morgan fingerprint density at radius 1 is 1.07 bits per heavy atom. The van der Waals surface area contributed by atoms with Gasteiger partial charge in [-0.2, -0.15) is 5.26 Å². The Morgan fingerprint density at radius 3 is 2.48 bits per heavy atom. The fourth-order valence-corrected chi connectivity index (χ4v) is 3.29. The van der Waals surface area contributed by atoms with Crippen molar-refractivity contribution in [1.29, 1.82) is 5.26 Å². The molecule has 0 aliphatic rings. The van der Waals surface area contributed by atoms with Gasteiger partial charge < -0.3 is 0 Å². The molecular weight excluding hydrogens is 372 g/mol. The van der Waals surface area contributed by atoms with Crippen LogP contribution in [0.1, 0.15) is 11.1 Å². The molecule has 0 unspecified atom stereocenters. The molecule has 0 amide bonds. The molecule has 8 heteroatoms. The van der Waals surface area contributed by atoms with Gasteiger partial charge in [-0.05, 0) is 42.3 Å². The van der Waals surface area contributed by atoms with Crippen molar-refractivity contribution in [2.45, 2.75) is 11.8 Å². The number of hydrogen-bond acceptors (Lipinski definition) is 4. The van der Waals surface area contributed by atoms with E-state index in [2.05, 4.69) is 11.1 Å². The summed E-state index contributed by atoms with van der Waals surface area (Å²) in [6.07, 6.45) is 1.41. The molecule has 3 rings (SSSR count). The maximum Gasteiger partial charge on any atom is 0.241 e. The molecule has 2 aromatic carbocycles. The minimum Gasteiger partial charge on any atom is -0.255 e. The van der Waals surface area contributed by atoms with Crippen molar-refractivity contribution in [2.24, 2.45) is 5.14 Å². The van der Waals surface area contributed by atoms with Gasteiger partial charge in [0, 0.05) is 17.3 Å². The molecule has 0 fully saturated rings.